The molecule has 0 N–H and O–H groups in total. The highest BCUT2D eigenvalue weighted by Gasteiger charge is 2.25. The number of carbonyl (C=O) groups excluding carboxylic acids is 2. The molecule has 1 amide bonds. The second-order valence-electron chi connectivity index (χ2n) is 8.73. The van der Waals surface area contributed by atoms with E-state index >= 15 is 0 Å². The summed E-state index contributed by atoms with van der Waals surface area (Å²) < 4.78 is 6.81. The number of fused-ring (bicyclic) bond motifs is 1. The molecule has 2 aromatic carbocycles. The summed E-state index contributed by atoms with van der Waals surface area (Å²) in [7, 11) is 0. The summed E-state index contributed by atoms with van der Waals surface area (Å²) in [5.41, 5.74) is 6.18. The fourth-order valence-electron chi connectivity index (χ4n) is 4.82. The van der Waals surface area contributed by atoms with Crippen LogP contribution in [0.3, 0.4) is 0 Å². The summed E-state index contributed by atoms with van der Waals surface area (Å²) in [5, 5.41) is 11.2. The maximum absolute atomic E-state index is 12.8. The standard InChI is InChI=1S/C25H28N6O3/c1-2-21-19(5-8-22-23(21)16-34-25(22)33)9-10-29-11-13-30(14-12-29)24(32)15-18-3-6-20(7-4-18)31-17-26-27-28-31/h3-8,17H,2,9-16H2,1H3. The Hall–Kier alpha value is -3.59. The van der Waals surface area contributed by atoms with Gasteiger partial charge in [-0.3, -0.25) is 9.69 Å². The number of hydrogen-bond donors (Lipinski definition) is 0. The van der Waals surface area contributed by atoms with E-state index in [4.69, 9.17) is 4.74 Å². The molecule has 0 saturated carbocycles. The molecule has 5 rings (SSSR count). The fourth-order valence-corrected chi connectivity index (χ4v) is 4.82. The van der Waals surface area contributed by atoms with Crippen molar-refractivity contribution < 1.29 is 14.3 Å². The number of aromatic nitrogens is 4. The van der Waals surface area contributed by atoms with Gasteiger partial charge in [-0.05, 0) is 58.2 Å². The Balaban J connectivity index is 1.11. The van der Waals surface area contributed by atoms with Crippen molar-refractivity contribution in [2.75, 3.05) is 32.7 Å². The van der Waals surface area contributed by atoms with Crippen molar-refractivity contribution in [3.63, 3.8) is 0 Å². The van der Waals surface area contributed by atoms with E-state index in [0.717, 1.165) is 67.9 Å². The lowest BCUT2D eigenvalue weighted by Crippen LogP contribution is -2.49. The molecule has 2 aliphatic heterocycles. The number of tetrazole rings is 1. The number of esters is 1. The third-order valence-electron chi connectivity index (χ3n) is 6.78. The quantitative estimate of drug-likeness (QED) is 0.497. The van der Waals surface area contributed by atoms with Gasteiger partial charge in [0.1, 0.15) is 12.9 Å². The molecule has 0 aliphatic carbocycles. The summed E-state index contributed by atoms with van der Waals surface area (Å²) in [6.07, 6.45) is 3.77. The first-order valence-corrected chi connectivity index (χ1v) is 11.8. The monoisotopic (exact) mass is 460 g/mol. The predicted octanol–water partition coefficient (Wildman–Crippen LogP) is 1.82. The van der Waals surface area contributed by atoms with Gasteiger partial charge in [0.2, 0.25) is 5.91 Å². The van der Waals surface area contributed by atoms with Crippen molar-refractivity contribution >= 4 is 11.9 Å². The summed E-state index contributed by atoms with van der Waals surface area (Å²) in [6, 6.07) is 11.7. The van der Waals surface area contributed by atoms with Crippen LogP contribution in [-0.4, -0.2) is 74.6 Å². The van der Waals surface area contributed by atoms with Gasteiger partial charge >= 0.3 is 5.97 Å². The molecule has 34 heavy (non-hydrogen) atoms. The van der Waals surface area contributed by atoms with E-state index in [0.29, 0.717) is 13.0 Å². The predicted molar refractivity (Wildman–Crippen MR) is 125 cm³/mol. The minimum atomic E-state index is -0.208. The van der Waals surface area contributed by atoms with Gasteiger partial charge < -0.3 is 9.64 Å². The first-order chi connectivity index (χ1) is 16.6. The molecular weight excluding hydrogens is 432 g/mol. The van der Waals surface area contributed by atoms with Crippen LogP contribution in [0.15, 0.2) is 42.7 Å². The van der Waals surface area contributed by atoms with E-state index in [9.17, 15) is 9.59 Å². The van der Waals surface area contributed by atoms with Crippen LogP contribution in [-0.2, 0) is 35.4 Å². The van der Waals surface area contributed by atoms with Gasteiger partial charge in [-0.15, -0.1) is 5.10 Å². The van der Waals surface area contributed by atoms with Crippen molar-refractivity contribution in [2.45, 2.75) is 32.8 Å². The molecule has 0 radical (unpaired) electrons. The number of ether oxygens (including phenoxy) is 1. The Morgan fingerprint density at radius 3 is 2.56 bits per heavy atom. The highest BCUT2D eigenvalue weighted by Crippen LogP contribution is 2.27. The average molecular weight is 461 g/mol. The van der Waals surface area contributed by atoms with Gasteiger partial charge in [0, 0.05) is 38.3 Å². The normalized spacial score (nSPS) is 15.9. The highest BCUT2D eigenvalue weighted by atomic mass is 16.5. The third-order valence-corrected chi connectivity index (χ3v) is 6.78. The number of rotatable bonds is 7. The maximum atomic E-state index is 12.8. The van der Waals surface area contributed by atoms with E-state index in [1.165, 1.54) is 11.1 Å². The Bertz CT molecular complexity index is 1170. The molecule has 1 saturated heterocycles. The van der Waals surface area contributed by atoms with Crippen molar-refractivity contribution in [3.05, 3.63) is 70.5 Å². The van der Waals surface area contributed by atoms with Crippen LogP contribution < -0.4 is 0 Å². The van der Waals surface area contributed by atoms with E-state index in [-0.39, 0.29) is 11.9 Å². The SMILES string of the molecule is CCc1c(CCN2CCN(C(=O)Cc3ccc(-n4cnnn4)cc3)CC2)ccc2c1COC2=O. The van der Waals surface area contributed by atoms with Crippen molar-refractivity contribution in [1.29, 1.82) is 0 Å². The fraction of sp³-hybridized carbons (Fsp3) is 0.400. The lowest BCUT2D eigenvalue weighted by atomic mass is 9.94. The molecule has 0 bridgehead atoms. The number of cyclic esters (lactones) is 1. The lowest BCUT2D eigenvalue weighted by Gasteiger charge is -2.35. The van der Waals surface area contributed by atoms with Gasteiger partial charge in [0.05, 0.1) is 17.7 Å². The van der Waals surface area contributed by atoms with Gasteiger partial charge in [-0.2, -0.15) is 0 Å². The second kappa shape index (κ2) is 9.72. The number of hydrogen-bond acceptors (Lipinski definition) is 7. The maximum Gasteiger partial charge on any atom is 0.338 e. The molecule has 2 aliphatic rings. The van der Waals surface area contributed by atoms with Crippen LogP contribution >= 0.6 is 0 Å². The molecule has 0 unspecified atom stereocenters. The molecule has 9 nitrogen and oxygen atoms in total. The van der Waals surface area contributed by atoms with Crippen LogP contribution in [0.2, 0.25) is 0 Å². The Morgan fingerprint density at radius 2 is 1.85 bits per heavy atom. The van der Waals surface area contributed by atoms with Gasteiger partial charge in [0.25, 0.3) is 0 Å². The van der Waals surface area contributed by atoms with Crippen LogP contribution in [0.4, 0.5) is 0 Å². The largest absolute Gasteiger partial charge is 0.457 e. The second-order valence-corrected chi connectivity index (χ2v) is 8.73. The molecule has 1 fully saturated rings. The molecule has 3 heterocycles. The zero-order valence-corrected chi connectivity index (χ0v) is 19.3. The Kier molecular flexibility index (Phi) is 6.35. The average Bonchev–Trinajstić information content (AvgIpc) is 3.54. The Labute approximate surface area is 198 Å². The molecule has 0 spiro atoms. The van der Waals surface area contributed by atoms with Crippen LogP contribution in [0.5, 0.6) is 0 Å². The summed E-state index contributed by atoms with van der Waals surface area (Å²) >= 11 is 0. The molecule has 1 aromatic heterocycles. The molecule has 0 atom stereocenters. The highest BCUT2D eigenvalue weighted by molar-refractivity contribution is 5.94. The molecule has 3 aromatic rings. The summed E-state index contributed by atoms with van der Waals surface area (Å²) in [6.45, 7) is 6.71. The van der Waals surface area contributed by atoms with Gasteiger partial charge in [-0.25, -0.2) is 9.48 Å². The van der Waals surface area contributed by atoms with E-state index < -0.39 is 0 Å². The minimum absolute atomic E-state index is 0.159. The number of piperazine rings is 1. The third kappa shape index (κ3) is 4.56. The molecule has 176 valence electrons. The smallest absolute Gasteiger partial charge is 0.338 e. The minimum Gasteiger partial charge on any atom is -0.457 e. The van der Waals surface area contributed by atoms with E-state index in [2.05, 4.69) is 33.4 Å². The number of nitrogens with zero attached hydrogens (tertiary/aromatic N) is 6. The zero-order valence-electron chi connectivity index (χ0n) is 19.3. The molecular formula is C25H28N6O3. The summed E-state index contributed by atoms with van der Waals surface area (Å²) in [5.74, 6) is -0.0492. The number of benzene rings is 2. The summed E-state index contributed by atoms with van der Waals surface area (Å²) in [4.78, 5) is 29.0. The van der Waals surface area contributed by atoms with Crippen LogP contribution in [0.1, 0.15) is 39.5 Å². The van der Waals surface area contributed by atoms with Crippen molar-refractivity contribution in [1.82, 2.24) is 30.0 Å². The van der Waals surface area contributed by atoms with Crippen LogP contribution in [0.25, 0.3) is 5.69 Å². The first kappa shape index (κ1) is 22.2. The van der Waals surface area contributed by atoms with Gasteiger partial charge in [0.15, 0.2) is 0 Å². The zero-order chi connectivity index (χ0) is 23.5. The van der Waals surface area contributed by atoms with Crippen LogP contribution in [0, 0.1) is 0 Å². The van der Waals surface area contributed by atoms with E-state index in [1.807, 2.05) is 35.2 Å². The molecule has 9 heteroatoms. The first-order valence-electron chi connectivity index (χ1n) is 11.8. The topological polar surface area (TPSA) is 93.5 Å². The number of amides is 1. The van der Waals surface area contributed by atoms with E-state index in [1.54, 1.807) is 11.0 Å². The lowest BCUT2D eigenvalue weighted by molar-refractivity contribution is -0.132. The Morgan fingerprint density at radius 1 is 1.06 bits per heavy atom. The van der Waals surface area contributed by atoms with Crippen molar-refractivity contribution in [2.24, 2.45) is 0 Å². The van der Waals surface area contributed by atoms with Gasteiger partial charge in [-0.1, -0.05) is 25.1 Å². The number of carbonyl (C=O) groups is 2. The van der Waals surface area contributed by atoms with Crippen molar-refractivity contribution in [3.8, 4) is 5.69 Å².